The Morgan fingerprint density at radius 1 is 1.17 bits per heavy atom. The molecule has 5 N–H and O–H groups in total. The molecule has 12 heteroatoms. The predicted octanol–water partition coefficient (Wildman–Crippen LogP) is 2.10. The maximum atomic E-state index is 14.0. The number of rotatable bonds is 20. The van der Waals surface area contributed by atoms with Crippen LogP contribution in [0.15, 0.2) is 49.1 Å². The second kappa shape index (κ2) is 19.8. The molecule has 1 aromatic carbocycles. The van der Waals surface area contributed by atoms with Crippen LogP contribution in [0.3, 0.4) is 0 Å². The van der Waals surface area contributed by atoms with E-state index in [1.807, 2.05) is 44.2 Å². The fraction of sp³-hybridized carbons (Fsp3) is 0.639. The topological polar surface area (TPSA) is 158 Å². The molecule has 1 aliphatic carbocycles. The van der Waals surface area contributed by atoms with Crippen molar-refractivity contribution in [3.05, 3.63) is 54.6 Å². The SMILES string of the molecule is C#CCC[C@H]([NH2+]C(=O)[C@H](Cc1ccccc1)CS(=O)(=O)N(C)CCn1ccnc1)C(=O)N[C@@H](CC1CCCCC1)[C@@H](O)[C@@H](O)CC(C)C. The molecule has 11 nitrogen and oxygen atoms in total. The number of amides is 2. The number of nitrogens with zero attached hydrogens (tertiary/aromatic N) is 3. The number of aromatic nitrogens is 2. The number of quaternary nitrogens is 1. The van der Waals surface area contributed by atoms with Crippen molar-refractivity contribution >= 4 is 21.8 Å². The van der Waals surface area contributed by atoms with Gasteiger partial charge in [-0.15, -0.1) is 12.3 Å². The van der Waals surface area contributed by atoms with E-state index in [0.29, 0.717) is 25.3 Å². The summed E-state index contributed by atoms with van der Waals surface area (Å²) in [6, 6.07) is 7.58. The highest BCUT2D eigenvalue weighted by molar-refractivity contribution is 7.89. The van der Waals surface area contributed by atoms with Gasteiger partial charge in [0.2, 0.25) is 10.0 Å². The standard InChI is InChI=1S/C36H55N5O6S/c1-5-6-17-31(36(45)39-32(24-29-15-11-8-12-16-29)34(43)33(42)22-27(2)3)38-35(44)30(23-28-13-9-7-10-14-28)25-48(46,47)40(4)20-21-41-19-18-37-26-41/h1,7,9-10,13-14,18-19,26-27,29-34,42-43H,6,8,11-12,15-17,20-25H2,2-4H3,(H,38,44)(H,39,45)/p+1/t30-,31+,32+,33+,34-/m1/s1. The number of nitrogens with two attached hydrogens (primary N) is 1. The van der Waals surface area contributed by atoms with Crippen molar-refractivity contribution in [2.75, 3.05) is 19.3 Å². The zero-order chi connectivity index (χ0) is 35.1. The molecule has 1 saturated carbocycles. The van der Waals surface area contributed by atoms with Crippen LogP contribution in [0.5, 0.6) is 0 Å². The lowest BCUT2D eigenvalue weighted by molar-refractivity contribution is -0.596. The van der Waals surface area contributed by atoms with E-state index >= 15 is 0 Å². The van der Waals surface area contributed by atoms with Gasteiger partial charge in [0.15, 0.2) is 6.04 Å². The van der Waals surface area contributed by atoms with Gasteiger partial charge in [0.25, 0.3) is 5.91 Å². The highest BCUT2D eigenvalue weighted by Gasteiger charge is 2.37. The first-order valence-electron chi connectivity index (χ1n) is 17.3. The van der Waals surface area contributed by atoms with E-state index in [1.54, 1.807) is 23.3 Å². The number of likely N-dealkylation sites (N-methyl/N-ethyl adjacent to an activating group) is 1. The minimum Gasteiger partial charge on any atom is -0.390 e. The molecule has 1 fully saturated rings. The zero-order valence-electron chi connectivity index (χ0n) is 28.8. The molecule has 0 aliphatic heterocycles. The summed E-state index contributed by atoms with van der Waals surface area (Å²) in [5.74, 6) is 0.728. The van der Waals surface area contributed by atoms with E-state index in [-0.39, 0.29) is 31.7 Å². The first kappa shape index (κ1) is 39.4. The summed E-state index contributed by atoms with van der Waals surface area (Å²) in [7, 11) is -2.36. The van der Waals surface area contributed by atoms with Crippen LogP contribution in [0.4, 0.5) is 0 Å². The Hall–Kier alpha value is -3.08. The molecule has 5 atom stereocenters. The second-order valence-electron chi connectivity index (χ2n) is 13.7. The summed E-state index contributed by atoms with van der Waals surface area (Å²) in [6.45, 7) is 4.54. The Labute approximate surface area is 287 Å². The van der Waals surface area contributed by atoms with Crippen LogP contribution in [0.2, 0.25) is 0 Å². The molecule has 1 aliphatic rings. The summed E-state index contributed by atoms with van der Waals surface area (Å²) in [5, 5.41) is 26.4. The van der Waals surface area contributed by atoms with Crippen LogP contribution in [0, 0.1) is 30.1 Å². The van der Waals surface area contributed by atoms with Gasteiger partial charge in [-0.1, -0.05) is 76.3 Å². The van der Waals surface area contributed by atoms with Crippen LogP contribution in [-0.2, 0) is 32.6 Å². The Bertz CT molecular complexity index is 1390. The third kappa shape index (κ3) is 13.1. The molecule has 0 saturated heterocycles. The van der Waals surface area contributed by atoms with Crippen LogP contribution in [0.25, 0.3) is 0 Å². The summed E-state index contributed by atoms with van der Waals surface area (Å²) < 4.78 is 30.1. The quantitative estimate of drug-likeness (QED) is 0.155. The third-order valence-electron chi connectivity index (χ3n) is 9.31. The maximum absolute atomic E-state index is 14.0. The van der Waals surface area contributed by atoms with Gasteiger partial charge in [0.1, 0.15) is 6.10 Å². The summed E-state index contributed by atoms with van der Waals surface area (Å²) in [5.41, 5.74) is 0.806. The molecule has 2 amide bonds. The maximum Gasteiger partial charge on any atom is 0.315 e. The van der Waals surface area contributed by atoms with Crippen molar-refractivity contribution in [1.29, 1.82) is 0 Å². The number of aliphatic hydroxyl groups excluding tert-OH is 2. The second-order valence-corrected chi connectivity index (χ2v) is 15.9. The molecule has 0 bridgehead atoms. The molecule has 1 heterocycles. The number of terminal acetylenes is 1. The van der Waals surface area contributed by atoms with Gasteiger partial charge in [-0.2, -0.15) is 0 Å². The van der Waals surface area contributed by atoms with Crippen LogP contribution in [-0.4, -0.2) is 87.9 Å². The fourth-order valence-electron chi connectivity index (χ4n) is 6.45. The number of imidazole rings is 1. The highest BCUT2D eigenvalue weighted by Crippen LogP contribution is 2.29. The Morgan fingerprint density at radius 2 is 1.88 bits per heavy atom. The predicted molar refractivity (Wildman–Crippen MR) is 186 cm³/mol. The molecule has 0 unspecified atom stereocenters. The fourth-order valence-corrected chi connectivity index (χ4v) is 7.85. The van der Waals surface area contributed by atoms with E-state index in [2.05, 4.69) is 16.2 Å². The lowest BCUT2D eigenvalue weighted by atomic mass is 9.82. The van der Waals surface area contributed by atoms with E-state index in [0.717, 1.165) is 37.7 Å². The number of sulfonamides is 1. The number of aliphatic hydroxyl groups is 2. The van der Waals surface area contributed by atoms with Crippen molar-refractivity contribution < 1.29 is 33.5 Å². The normalized spacial score (nSPS) is 17.4. The number of benzene rings is 1. The first-order chi connectivity index (χ1) is 22.9. The van der Waals surface area contributed by atoms with Crippen LogP contribution >= 0.6 is 0 Å². The molecular formula is C36H56N5O6S+. The summed E-state index contributed by atoms with van der Waals surface area (Å²) in [4.78, 5) is 31.8. The monoisotopic (exact) mass is 686 g/mol. The van der Waals surface area contributed by atoms with Crippen molar-refractivity contribution in [1.82, 2.24) is 19.2 Å². The van der Waals surface area contributed by atoms with E-state index in [4.69, 9.17) is 6.42 Å². The van der Waals surface area contributed by atoms with Gasteiger partial charge >= 0.3 is 5.91 Å². The molecule has 0 spiro atoms. The van der Waals surface area contributed by atoms with Crippen molar-refractivity contribution in [2.24, 2.45) is 17.8 Å². The number of carbonyl (C=O) groups excluding carboxylic acids is 2. The van der Waals surface area contributed by atoms with Crippen molar-refractivity contribution in [3.63, 3.8) is 0 Å². The summed E-state index contributed by atoms with van der Waals surface area (Å²) >= 11 is 0. The van der Waals surface area contributed by atoms with Gasteiger partial charge in [-0.3, -0.25) is 10.1 Å². The largest absolute Gasteiger partial charge is 0.390 e. The third-order valence-corrected chi connectivity index (χ3v) is 11.3. The van der Waals surface area contributed by atoms with E-state index in [9.17, 15) is 28.2 Å². The number of hydrogen-bond acceptors (Lipinski definition) is 7. The molecular weight excluding hydrogens is 630 g/mol. The number of nitrogens with one attached hydrogen (secondary N) is 1. The Morgan fingerprint density at radius 3 is 2.50 bits per heavy atom. The molecule has 266 valence electrons. The molecule has 48 heavy (non-hydrogen) atoms. The van der Waals surface area contributed by atoms with Gasteiger partial charge in [-0.25, -0.2) is 22.5 Å². The Kier molecular flexibility index (Phi) is 16.2. The first-order valence-corrected chi connectivity index (χ1v) is 18.9. The number of primary amides is 1. The molecule has 2 aromatic rings. The van der Waals surface area contributed by atoms with Crippen molar-refractivity contribution in [2.45, 2.75) is 109 Å². The van der Waals surface area contributed by atoms with Crippen LogP contribution in [0.1, 0.15) is 77.2 Å². The minimum atomic E-state index is -3.85. The molecule has 1 aromatic heterocycles. The zero-order valence-corrected chi connectivity index (χ0v) is 29.6. The van der Waals surface area contributed by atoms with Gasteiger partial charge in [0, 0.05) is 45.4 Å². The lowest BCUT2D eigenvalue weighted by Crippen LogP contribution is -2.97. The molecule has 3 rings (SSSR count). The van der Waals surface area contributed by atoms with Crippen LogP contribution < -0.4 is 10.6 Å². The van der Waals surface area contributed by atoms with Gasteiger partial charge in [0.05, 0.1) is 30.1 Å². The molecule has 0 radical (unpaired) electrons. The highest BCUT2D eigenvalue weighted by atomic mass is 32.2. The summed E-state index contributed by atoms with van der Waals surface area (Å²) in [6.07, 6.45) is 15.2. The van der Waals surface area contributed by atoms with E-state index in [1.165, 1.54) is 16.7 Å². The average molecular weight is 687 g/mol. The lowest BCUT2D eigenvalue weighted by Gasteiger charge is -2.33. The Balaban J connectivity index is 1.80. The van der Waals surface area contributed by atoms with Crippen molar-refractivity contribution in [3.8, 4) is 12.3 Å². The smallest absolute Gasteiger partial charge is 0.315 e. The van der Waals surface area contributed by atoms with Gasteiger partial charge < -0.3 is 20.1 Å². The number of hydrogen-bond donors (Lipinski definition) is 4. The van der Waals surface area contributed by atoms with E-state index < -0.39 is 57.8 Å². The number of carbonyl (C=O) groups is 2. The van der Waals surface area contributed by atoms with Gasteiger partial charge in [-0.05, 0) is 36.7 Å². The average Bonchev–Trinajstić information content (AvgIpc) is 3.58. The minimum absolute atomic E-state index is 0.151.